The van der Waals surface area contributed by atoms with Crippen molar-refractivity contribution >= 4 is 23.1 Å². The molecule has 0 spiro atoms. The standard InChI is InChI=1S/C20H15F3N2O3/c1-2-12-25-18(26)16(13-6-4-3-5-7-13)17(19(25)27)24-14-8-10-15(11-9-14)28-20(21,22)23/h2-11,24H,1,12H2. The predicted octanol–water partition coefficient (Wildman–Crippen LogP) is 3.96. The first-order valence-electron chi connectivity index (χ1n) is 8.20. The summed E-state index contributed by atoms with van der Waals surface area (Å²) in [6.07, 6.45) is -3.36. The highest BCUT2D eigenvalue weighted by Gasteiger charge is 2.38. The average Bonchev–Trinajstić information content (AvgIpc) is 2.87. The number of ether oxygens (including phenoxy) is 1. The molecule has 0 aliphatic carbocycles. The van der Waals surface area contributed by atoms with E-state index in [0.29, 0.717) is 11.3 Å². The molecule has 0 aromatic heterocycles. The van der Waals surface area contributed by atoms with Crippen LogP contribution in [0.15, 0.2) is 72.9 Å². The van der Waals surface area contributed by atoms with E-state index in [1.807, 2.05) is 0 Å². The van der Waals surface area contributed by atoms with E-state index in [4.69, 9.17) is 0 Å². The zero-order valence-corrected chi connectivity index (χ0v) is 14.5. The minimum Gasteiger partial charge on any atom is -0.406 e. The van der Waals surface area contributed by atoms with Gasteiger partial charge in [0.2, 0.25) is 0 Å². The monoisotopic (exact) mass is 388 g/mol. The molecule has 0 saturated heterocycles. The van der Waals surface area contributed by atoms with Gasteiger partial charge in [0.15, 0.2) is 0 Å². The van der Waals surface area contributed by atoms with Crippen LogP contribution in [0, 0.1) is 0 Å². The summed E-state index contributed by atoms with van der Waals surface area (Å²) < 4.78 is 40.7. The van der Waals surface area contributed by atoms with Crippen molar-refractivity contribution in [3.63, 3.8) is 0 Å². The first-order valence-corrected chi connectivity index (χ1v) is 8.20. The van der Waals surface area contributed by atoms with Crippen molar-refractivity contribution in [2.45, 2.75) is 6.36 Å². The average molecular weight is 388 g/mol. The third-order valence-corrected chi connectivity index (χ3v) is 3.90. The summed E-state index contributed by atoms with van der Waals surface area (Å²) in [4.78, 5) is 26.5. The second-order valence-corrected chi connectivity index (χ2v) is 5.82. The molecule has 8 heteroatoms. The number of hydrogen-bond acceptors (Lipinski definition) is 4. The molecule has 1 aliphatic rings. The minimum absolute atomic E-state index is 0.0392. The van der Waals surface area contributed by atoms with E-state index < -0.39 is 23.9 Å². The molecule has 2 amide bonds. The van der Waals surface area contributed by atoms with Gasteiger partial charge in [0.25, 0.3) is 11.8 Å². The molecule has 5 nitrogen and oxygen atoms in total. The number of nitrogens with zero attached hydrogens (tertiary/aromatic N) is 1. The molecule has 2 aromatic carbocycles. The van der Waals surface area contributed by atoms with Gasteiger partial charge in [-0.05, 0) is 29.8 Å². The zero-order valence-electron chi connectivity index (χ0n) is 14.5. The van der Waals surface area contributed by atoms with E-state index in [1.165, 1.54) is 18.2 Å². The van der Waals surface area contributed by atoms with E-state index in [-0.39, 0.29) is 17.8 Å². The van der Waals surface area contributed by atoms with Gasteiger partial charge in [-0.3, -0.25) is 14.5 Å². The smallest absolute Gasteiger partial charge is 0.406 e. The Labute approximate surface area is 158 Å². The number of anilines is 1. The van der Waals surface area contributed by atoms with E-state index >= 15 is 0 Å². The van der Waals surface area contributed by atoms with Gasteiger partial charge in [-0.15, -0.1) is 19.8 Å². The van der Waals surface area contributed by atoms with Crippen molar-refractivity contribution in [3.8, 4) is 5.75 Å². The van der Waals surface area contributed by atoms with Crippen LogP contribution in [0.2, 0.25) is 0 Å². The number of alkyl halides is 3. The van der Waals surface area contributed by atoms with Gasteiger partial charge in [-0.1, -0.05) is 36.4 Å². The number of carbonyl (C=O) groups is 2. The first kappa shape index (κ1) is 19.2. The van der Waals surface area contributed by atoms with Gasteiger partial charge in [-0.2, -0.15) is 0 Å². The van der Waals surface area contributed by atoms with Crippen LogP contribution in [-0.2, 0) is 9.59 Å². The second kappa shape index (κ2) is 7.59. The lowest BCUT2D eigenvalue weighted by molar-refractivity contribution is -0.274. The van der Waals surface area contributed by atoms with Crippen molar-refractivity contribution in [1.29, 1.82) is 0 Å². The van der Waals surface area contributed by atoms with Crippen LogP contribution < -0.4 is 10.1 Å². The van der Waals surface area contributed by atoms with Crippen molar-refractivity contribution in [2.75, 3.05) is 11.9 Å². The van der Waals surface area contributed by atoms with Crippen molar-refractivity contribution in [2.24, 2.45) is 0 Å². The summed E-state index contributed by atoms with van der Waals surface area (Å²) in [5.74, 6) is -1.41. The first-order chi connectivity index (χ1) is 13.3. The molecule has 1 heterocycles. The molecule has 0 fully saturated rings. The number of hydrogen-bond donors (Lipinski definition) is 1. The Balaban J connectivity index is 1.94. The molecule has 2 aromatic rings. The fourth-order valence-corrected chi connectivity index (χ4v) is 2.74. The maximum atomic E-state index is 12.7. The highest BCUT2D eigenvalue weighted by Crippen LogP contribution is 2.31. The lowest BCUT2D eigenvalue weighted by atomic mass is 10.0. The maximum absolute atomic E-state index is 12.7. The topological polar surface area (TPSA) is 58.6 Å². The fourth-order valence-electron chi connectivity index (χ4n) is 2.74. The normalized spacial score (nSPS) is 14.5. The van der Waals surface area contributed by atoms with E-state index in [0.717, 1.165) is 17.0 Å². The number of halogens is 3. The SMILES string of the molecule is C=CCN1C(=O)C(Nc2ccc(OC(F)(F)F)cc2)=C(c2ccccc2)C1=O. The molecule has 0 bridgehead atoms. The number of rotatable bonds is 6. The number of nitrogens with one attached hydrogen (secondary N) is 1. The lowest BCUT2D eigenvalue weighted by Crippen LogP contribution is -2.32. The lowest BCUT2D eigenvalue weighted by Gasteiger charge is -2.13. The Morgan fingerprint density at radius 1 is 1.00 bits per heavy atom. The summed E-state index contributed by atoms with van der Waals surface area (Å²) in [7, 11) is 0. The summed E-state index contributed by atoms with van der Waals surface area (Å²) >= 11 is 0. The highest BCUT2D eigenvalue weighted by atomic mass is 19.4. The third-order valence-electron chi connectivity index (χ3n) is 3.90. The van der Waals surface area contributed by atoms with Crippen LogP contribution in [-0.4, -0.2) is 29.6 Å². The van der Waals surface area contributed by atoms with Crippen molar-refractivity contribution < 1.29 is 27.5 Å². The van der Waals surface area contributed by atoms with Crippen molar-refractivity contribution in [3.05, 3.63) is 78.5 Å². The Morgan fingerprint density at radius 2 is 1.64 bits per heavy atom. The zero-order chi connectivity index (χ0) is 20.3. The number of carbonyl (C=O) groups excluding carboxylic acids is 2. The van der Waals surface area contributed by atoms with Crippen LogP contribution in [0.3, 0.4) is 0 Å². The molecule has 0 atom stereocenters. The van der Waals surface area contributed by atoms with Crippen LogP contribution >= 0.6 is 0 Å². The Morgan fingerprint density at radius 3 is 2.21 bits per heavy atom. The van der Waals surface area contributed by atoms with Crippen LogP contribution in [0.4, 0.5) is 18.9 Å². The van der Waals surface area contributed by atoms with Crippen LogP contribution in [0.1, 0.15) is 5.56 Å². The Kier molecular flexibility index (Phi) is 5.21. The maximum Gasteiger partial charge on any atom is 0.573 e. The molecular weight excluding hydrogens is 373 g/mol. The molecule has 28 heavy (non-hydrogen) atoms. The van der Waals surface area contributed by atoms with E-state index in [1.54, 1.807) is 30.3 Å². The highest BCUT2D eigenvalue weighted by molar-refractivity contribution is 6.36. The predicted molar refractivity (Wildman–Crippen MR) is 97.0 cm³/mol. The largest absolute Gasteiger partial charge is 0.573 e. The van der Waals surface area contributed by atoms with E-state index in [2.05, 4.69) is 16.6 Å². The van der Waals surface area contributed by atoms with Gasteiger partial charge in [0, 0.05) is 12.2 Å². The van der Waals surface area contributed by atoms with Gasteiger partial charge in [0.05, 0.1) is 5.57 Å². The minimum atomic E-state index is -4.79. The number of benzene rings is 2. The molecule has 0 radical (unpaired) electrons. The summed E-state index contributed by atoms with van der Waals surface area (Å²) in [6, 6.07) is 13.5. The van der Waals surface area contributed by atoms with E-state index in [9.17, 15) is 22.8 Å². The summed E-state index contributed by atoms with van der Waals surface area (Å²) in [5, 5.41) is 2.84. The summed E-state index contributed by atoms with van der Waals surface area (Å²) in [6.45, 7) is 3.59. The Bertz CT molecular complexity index is 935. The third kappa shape index (κ3) is 4.06. The number of amides is 2. The van der Waals surface area contributed by atoms with Crippen LogP contribution in [0.5, 0.6) is 5.75 Å². The molecule has 3 rings (SSSR count). The molecule has 144 valence electrons. The van der Waals surface area contributed by atoms with Crippen LogP contribution in [0.25, 0.3) is 5.57 Å². The number of imide groups is 1. The van der Waals surface area contributed by atoms with Gasteiger partial charge in [-0.25, -0.2) is 0 Å². The quantitative estimate of drug-likeness (QED) is 0.601. The fraction of sp³-hybridized carbons (Fsp3) is 0.100. The van der Waals surface area contributed by atoms with Gasteiger partial charge in [0.1, 0.15) is 11.4 Å². The summed E-state index contributed by atoms with van der Waals surface area (Å²) in [5.41, 5.74) is 1.11. The Hall–Kier alpha value is -3.55. The van der Waals surface area contributed by atoms with Crippen molar-refractivity contribution in [1.82, 2.24) is 4.90 Å². The molecule has 1 aliphatic heterocycles. The molecular formula is C20H15F3N2O3. The molecule has 0 unspecified atom stereocenters. The molecule has 0 saturated carbocycles. The van der Waals surface area contributed by atoms with Gasteiger partial charge < -0.3 is 10.1 Å². The van der Waals surface area contributed by atoms with Gasteiger partial charge >= 0.3 is 6.36 Å². The second-order valence-electron chi connectivity index (χ2n) is 5.82. The molecule has 1 N–H and O–H groups in total.